The first-order valence-corrected chi connectivity index (χ1v) is 6.94. The molecule has 0 amide bonds. The lowest BCUT2D eigenvalue weighted by atomic mass is 9.99. The van der Waals surface area contributed by atoms with Crippen molar-refractivity contribution in [3.63, 3.8) is 0 Å². The number of hydrogen-bond acceptors (Lipinski definition) is 2. The summed E-state index contributed by atoms with van der Waals surface area (Å²) in [6, 6.07) is 5.54. The molecule has 0 fully saturated rings. The van der Waals surface area contributed by atoms with Gasteiger partial charge < -0.3 is 5.73 Å². The minimum Gasteiger partial charge on any atom is -0.319 e. The molecule has 2 N–H and O–H groups in total. The Bertz CT molecular complexity index is 565. The van der Waals surface area contributed by atoms with Gasteiger partial charge in [-0.3, -0.25) is 4.68 Å². The van der Waals surface area contributed by atoms with E-state index in [1.165, 1.54) is 0 Å². The number of aryl methyl sites for hydroxylation is 2. The third-order valence-corrected chi connectivity index (χ3v) is 3.85. The molecule has 0 aliphatic heterocycles. The lowest BCUT2D eigenvalue weighted by molar-refractivity contribution is 0.599. The van der Waals surface area contributed by atoms with Crippen LogP contribution in [-0.2, 0) is 6.54 Å². The molecule has 0 aliphatic rings. The van der Waals surface area contributed by atoms with Crippen LogP contribution in [0.25, 0.3) is 0 Å². The van der Waals surface area contributed by atoms with Gasteiger partial charge in [0, 0.05) is 11.6 Å². The molecule has 96 valence electrons. The van der Waals surface area contributed by atoms with Crippen molar-refractivity contribution < 1.29 is 0 Å². The van der Waals surface area contributed by atoms with E-state index >= 15 is 0 Å². The fourth-order valence-electron chi connectivity index (χ4n) is 2.03. The average molecular weight is 329 g/mol. The van der Waals surface area contributed by atoms with Crippen molar-refractivity contribution in [2.45, 2.75) is 26.4 Å². The highest BCUT2D eigenvalue weighted by molar-refractivity contribution is 9.10. The van der Waals surface area contributed by atoms with Gasteiger partial charge in [-0.25, -0.2) is 0 Å². The van der Waals surface area contributed by atoms with Crippen LogP contribution < -0.4 is 5.73 Å². The van der Waals surface area contributed by atoms with Gasteiger partial charge in [-0.1, -0.05) is 17.7 Å². The highest BCUT2D eigenvalue weighted by atomic mass is 79.9. The first kappa shape index (κ1) is 13.6. The first-order valence-electron chi connectivity index (χ1n) is 5.77. The number of nitrogens with zero attached hydrogens (tertiary/aromatic N) is 2. The summed E-state index contributed by atoms with van der Waals surface area (Å²) in [5, 5.41) is 4.99. The summed E-state index contributed by atoms with van der Waals surface area (Å²) in [5.74, 6) is 0. The van der Waals surface area contributed by atoms with Crippen LogP contribution >= 0.6 is 27.5 Å². The Morgan fingerprint density at radius 3 is 2.89 bits per heavy atom. The monoisotopic (exact) mass is 327 g/mol. The summed E-state index contributed by atoms with van der Waals surface area (Å²) in [7, 11) is 0. The second-order valence-electron chi connectivity index (χ2n) is 4.17. The molecule has 5 heteroatoms. The molecule has 2 aromatic rings. The zero-order valence-electron chi connectivity index (χ0n) is 10.3. The van der Waals surface area contributed by atoms with Gasteiger partial charge in [0.05, 0.1) is 22.4 Å². The average Bonchev–Trinajstić information content (AvgIpc) is 2.72. The van der Waals surface area contributed by atoms with Gasteiger partial charge >= 0.3 is 0 Å². The van der Waals surface area contributed by atoms with Gasteiger partial charge in [0.1, 0.15) is 0 Å². The minimum atomic E-state index is -0.236. The Hall–Kier alpha value is -0.840. The Morgan fingerprint density at radius 1 is 1.50 bits per heavy atom. The van der Waals surface area contributed by atoms with Crippen LogP contribution in [0.4, 0.5) is 0 Å². The van der Waals surface area contributed by atoms with Crippen molar-refractivity contribution in [1.82, 2.24) is 9.78 Å². The van der Waals surface area contributed by atoms with Gasteiger partial charge in [-0.2, -0.15) is 5.10 Å². The van der Waals surface area contributed by atoms with Gasteiger partial charge in [-0.15, -0.1) is 0 Å². The fourth-order valence-corrected chi connectivity index (χ4v) is 2.75. The van der Waals surface area contributed by atoms with E-state index in [1.807, 2.05) is 36.7 Å². The molecule has 18 heavy (non-hydrogen) atoms. The molecule has 0 aliphatic carbocycles. The van der Waals surface area contributed by atoms with Crippen LogP contribution in [0.15, 0.2) is 28.9 Å². The Morgan fingerprint density at radius 2 is 2.22 bits per heavy atom. The third kappa shape index (κ3) is 2.46. The number of aromatic nitrogens is 2. The van der Waals surface area contributed by atoms with Crippen molar-refractivity contribution in [3.8, 4) is 0 Å². The van der Waals surface area contributed by atoms with Crippen LogP contribution in [0.5, 0.6) is 0 Å². The second kappa shape index (κ2) is 5.43. The van der Waals surface area contributed by atoms with Gasteiger partial charge in [0.15, 0.2) is 0 Å². The van der Waals surface area contributed by atoms with Crippen LogP contribution in [0.1, 0.15) is 29.8 Å². The zero-order chi connectivity index (χ0) is 13.3. The molecular weight excluding hydrogens is 314 g/mol. The van der Waals surface area contributed by atoms with Crippen molar-refractivity contribution in [2.75, 3.05) is 0 Å². The number of halogens is 2. The van der Waals surface area contributed by atoms with E-state index in [0.717, 1.165) is 27.8 Å². The number of benzene rings is 1. The largest absolute Gasteiger partial charge is 0.319 e. The summed E-state index contributed by atoms with van der Waals surface area (Å²) in [6.45, 7) is 4.86. The maximum absolute atomic E-state index is 6.36. The summed E-state index contributed by atoms with van der Waals surface area (Å²) in [6.07, 6.45) is 1.78. The quantitative estimate of drug-likeness (QED) is 0.934. The van der Waals surface area contributed by atoms with Crippen LogP contribution in [-0.4, -0.2) is 9.78 Å². The van der Waals surface area contributed by atoms with Crippen molar-refractivity contribution in [1.29, 1.82) is 0 Å². The van der Waals surface area contributed by atoms with E-state index in [1.54, 1.807) is 6.20 Å². The minimum absolute atomic E-state index is 0.236. The molecule has 0 radical (unpaired) electrons. The summed E-state index contributed by atoms with van der Waals surface area (Å²) < 4.78 is 2.82. The van der Waals surface area contributed by atoms with E-state index in [-0.39, 0.29) is 6.04 Å². The van der Waals surface area contributed by atoms with Gasteiger partial charge in [0.25, 0.3) is 0 Å². The highest BCUT2D eigenvalue weighted by Crippen LogP contribution is 2.30. The Balaban J connectivity index is 2.50. The van der Waals surface area contributed by atoms with Crippen molar-refractivity contribution in [3.05, 3.63) is 50.7 Å². The van der Waals surface area contributed by atoms with Crippen molar-refractivity contribution in [2.24, 2.45) is 5.73 Å². The third-order valence-electron chi connectivity index (χ3n) is 3.00. The summed E-state index contributed by atoms with van der Waals surface area (Å²) in [5.41, 5.74) is 9.49. The van der Waals surface area contributed by atoms with E-state index in [9.17, 15) is 0 Å². The maximum atomic E-state index is 6.36. The highest BCUT2D eigenvalue weighted by Gasteiger charge is 2.19. The topological polar surface area (TPSA) is 43.8 Å². The zero-order valence-corrected chi connectivity index (χ0v) is 12.7. The Kier molecular flexibility index (Phi) is 4.10. The standard InChI is InChI=1S/C13H15BrClN3/c1-3-18-13(11(14)7-17-18)12(16)10-6-9(15)5-4-8(10)2/h4-7,12H,3,16H2,1-2H3. The number of nitrogens with two attached hydrogens (primary N) is 1. The van der Waals surface area contributed by atoms with Crippen LogP contribution in [0.2, 0.25) is 5.02 Å². The molecule has 0 spiro atoms. The SMILES string of the molecule is CCn1ncc(Br)c1C(N)c1cc(Cl)ccc1C. The Labute approximate surface area is 120 Å². The molecule has 3 nitrogen and oxygen atoms in total. The van der Waals surface area contributed by atoms with E-state index in [4.69, 9.17) is 17.3 Å². The number of rotatable bonds is 3. The molecule has 1 aromatic heterocycles. The molecule has 2 rings (SSSR count). The summed E-state index contributed by atoms with van der Waals surface area (Å²) >= 11 is 9.55. The molecule has 1 heterocycles. The van der Waals surface area contributed by atoms with Gasteiger partial charge in [0.2, 0.25) is 0 Å². The summed E-state index contributed by atoms with van der Waals surface area (Å²) in [4.78, 5) is 0. The molecule has 1 atom stereocenters. The molecule has 1 unspecified atom stereocenters. The van der Waals surface area contributed by atoms with Crippen LogP contribution in [0.3, 0.4) is 0 Å². The lowest BCUT2D eigenvalue weighted by Crippen LogP contribution is -2.18. The van der Waals surface area contributed by atoms with E-state index in [0.29, 0.717) is 5.02 Å². The molecular formula is C13H15BrClN3. The van der Waals surface area contributed by atoms with Crippen molar-refractivity contribution >= 4 is 27.5 Å². The predicted molar refractivity (Wildman–Crippen MR) is 77.8 cm³/mol. The van der Waals surface area contributed by atoms with E-state index < -0.39 is 0 Å². The number of hydrogen-bond donors (Lipinski definition) is 1. The smallest absolute Gasteiger partial charge is 0.0738 e. The first-order chi connectivity index (χ1) is 8.54. The molecule has 1 aromatic carbocycles. The normalized spacial score (nSPS) is 12.7. The molecule has 0 bridgehead atoms. The maximum Gasteiger partial charge on any atom is 0.0738 e. The molecule has 0 saturated heterocycles. The molecule has 0 saturated carbocycles. The predicted octanol–water partition coefficient (Wildman–Crippen LogP) is 3.68. The van der Waals surface area contributed by atoms with E-state index in [2.05, 4.69) is 21.0 Å². The van der Waals surface area contributed by atoms with Gasteiger partial charge in [-0.05, 0) is 53.0 Å². The fraction of sp³-hybridized carbons (Fsp3) is 0.308. The lowest BCUT2D eigenvalue weighted by Gasteiger charge is -2.17. The van der Waals surface area contributed by atoms with Crippen LogP contribution in [0, 0.1) is 6.92 Å². The second-order valence-corrected chi connectivity index (χ2v) is 5.46.